The van der Waals surface area contributed by atoms with Crippen molar-refractivity contribution in [2.45, 2.75) is 6.54 Å². The Bertz CT molecular complexity index is 758. The third-order valence-electron chi connectivity index (χ3n) is 4.57. The summed E-state index contributed by atoms with van der Waals surface area (Å²) >= 11 is 0. The third-order valence-corrected chi connectivity index (χ3v) is 4.57. The number of para-hydroxylation sites is 2. The second-order valence-corrected chi connectivity index (χ2v) is 6.14. The van der Waals surface area contributed by atoms with Gasteiger partial charge in [-0.2, -0.15) is 0 Å². The number of rotatable bonds is 5. The number of nitro benzene ring substituents is 1. The molecule has 0 radical (unpaired) electrons. The third kappa shape index (κ3) is 3.83. The molecule has 7 nitrogen and oxygen atoms in total. The maximum Gasteiger partial charge on any atom is 0.262 e. The number of methoxy groups -OCH3 is 1. The van der Waals surface area contributed by atoms with Crippen LogP contribution in [0.1, 0.15) is 5.56 Å². The Morgan fingerprint density at radius 1 is 1.20 bits per heavy atom. The molecule has 25 heavy (non-hydrogen) atoms. The molecule has 132 valence electrons. The van der Waals surface area contributed by atoms with Gasteiger partial charge in [-0.25, -0.2) is 0 Å². The van der Waals surface area contributed by atoms with Crippen molar-refractivity contribution in [3.05, 3.63) is 58.1 Å². The molecule has 1 fully saturated rings. The van der Waals surface area contributed by atoms with Crippen LogP contribution in [0.25, 0.3) is 0 Å². The number of nitrogens with one attached hydrogen (secondary N) is 1. The molecule has 0 bridgehead atoms. The number of anilines is 1. The van der Waals surface area contributed by atoms with Crippen molar-refractivity contribution >= 4 is 11.4 Å². The number of nitrogens with zero attached hydrogens (tertiary/aromatic N) is 2. The first kappa shape index (κ1) is 17.0. The molecule has 7 heteroatoms. The first-order valence-corrected chi connectivity index (χ1v) is 8.24. The standard InChI is InChI=1S/C18H21N3O4/c1-25-18-5-3-2-4-15(18)20-10-8-19(9-11-20)13-14-6-7-17(22)16(12-14)21(23)24/h2-7,12,22H,8-11,13H2,1H3. The van der Waals surface area contributed by atoms with Gasteiger partial charge in [0.2, 0.25) is 0 Å². The summed E-state index contributed by atoms with van der Waals surface area (Å²) in [6.07, 6.45) is 0. The first-order valence-electron chi connectivity index (χ1n) is 8.24. The van der Waals surface area contributed by atoms with E-state index < -0.39 is 10.7 Å². The molecule has 2 aromatic carbocycles. The zero-order valence-corrected chi connectivity index (χ0v) is 14.1. The lowest BCUT2D eigenvalue weighted by molar-refractivity contribution is -0.914. The quantitative estimate of drug-likeness (QED) is 0.634. The molecule has 2 aromatic rings. The van der Waals surface area contributed by atoms with Crippen molar-refractivity contribution in [1.29, 1.82) is 0 Å². The molecule has 0 atom stereocenters. The van der Waals surface area contributed by atoms with Gasteiger partial charge in [-0.3, -0.25) is 10.1 Å². The number of piperazine rings is 1. The predicted molar refractivity (Wildman–Crippen MR) is 92.2 cm³/mol. The van der Waals surface area contributed by atoms with E-state index in [4.69, 9.17) is 4.74 Å². The lowest BCUT2D eigenvalue weighted by Gasteiger charge is -2.34. The number of ether oxygens (including phenoxy) is 1. The lowest BCUT2D eigenvalue weighted by Crippen LogP contribution is -3.13. The second kappa shape index (κ2) is 7.40. The molecule has 0 saturated carbocycles. The summed E-state index contributed by atoms with van der Waals surface area (Å²) in [5.41, 5.74) is 1.58. The Morgan fingerprint density at radius 2 is 1.92 bits per heavy atom. The Hall–Kier alpha value is -2.80. The van der Waals surface area contributed by atoms with E-state index in [2.05, 4.69) is 11.0 Å². The van der Waals surface area contributed by atoms with Crippen molar-refractivity contribution in [1.82, 2.24) is 0 Å². The van der Waals surface area contributed by atoms with Crippen molar-refractivity contribution in [3.63, 3.8) is 0 Å². The highest BCUT2D eigenvalue weighted by molar-refractivity contribution is 5.58. The van der Waals surface area contributed by atoms with E-state index in [0.717, 1.165) is 43.2 Å². The summed E-state index contributed by atoms with van der Waals surface area (Å²) in [4.78, 5) is 13.9. The monoisotopic (exact) mass is 343 g/mol. The maximum atomic E-state index is 11.5. The number of benzene rings is 2. The average molecular weight is 343 g/mol. The van der Waals surface area contributed by atoms with E-state index >= 15 is 0 Å². The van der Waals surface area contributed by atoms with Crippen molar-refractivity contribution in [3.8, 4) is 11.5 Å². The van der Waals surface area contributed by atoms with Gasteiger partial charge in [-0.15, -0.1) is 0 Å². The van der Waals surface area contributed by atoms with E-state index in [1.54, 1.807) is 13.2 Å². The molecule has 0 spiro atoms. The fraction of sp³-hybridized carbons (Fsp3) is 0.333. The minimum atomic E-state index is -0.610. The molecule has 0 amide bonds. The SMILES string of the molecule is COc1ccccc1N1CC[NH+](Cc2ccc([O-])c([N+](=O)[O-])c2)CC1. The highest BCUT2D eigenvalue weighted by atomic mass is 16.6. The Morgan fingerprint density at radius 3 is 2.60 bits per heavy atom. The van der Waals surface area contributed by atoms with E-state index in [9.17, 15) is 15.2 Å². The fourth-order valence-electron chi connectivity index (χ4n) is 3.24. The Kier molecular flexibility index (Phi) is 5.04. The summed E-state index contributed by atoms with van der Waals surface area (Å²) in [5, 5.41) is 22.4. The molecule has 1 aliphatic heterocycles. The van der Waals surface area contributed by atoms with Crippen LogP contribution >= 0.6 is 0 Å². The highest BCUT2D eigenvalue weighted by Gasteiger charge is 2.22. The maximum absolute atomic E-state index is 11.5. The average Bonchev–Trinajstić information content (AvgIpc) is 2.63. The van der Waals surface area contributed by atoms with Crippen LogP contribution in [-0.4, -0.2) is 38.2 Å². The molecular weight excluding hydrogens is 322 g/mol. The second-order valence-electron chi connectivity index (χ2n) is 6.14. The normalized spacial score (nSPS) is 15.2. The van der Waals surface area contributed by atoms with Gasteiger partial charge in [0.25, 0.3) is 5.69 Å². The zero-order valence-electron chi connectivity index (χ0n) is 14.1. The van der Waals surface area contributed by atoms with Crippen LogP contribution in [0.3, 0.4) is 0 Å². The van der Waals surface area contributed by atoms with Crippen LogP contribution in [0, 0.1) is 10.1 Å². The first-order chi connectivity index (χ1) is 12.1. The number of quaternary nitrogens is 1. The van der Waals surface area contributed by atoms with Crippen LogP contribution in [0.2, 0.25) is 0 Å². The van der Waals surface area contributed by atoms with Crippen molar-refractivity contribution in [2.75, 3.05) is 38.2 Å². The lowest BCUT2D eigenvalue weighted by atomic mass is 10.1. The van der Waals surface area contributed by atoms with E-state index in [0.29, 0.717) is 6.54 Å². The fourth-order valence-corrected chi connectivity index (χ4v) is 3.24. The summed E-state index contributed by atoms with van der Waals surface area (Å²) in [6, 6.07) is 12.4. The van der Waals surface area contributed by atoms with Gasteiger partial charge >= 0.3 is 0 Å². The number of nitro groups is 1. The van der Waals surface area contributed by atoms with Crippen LogP contribution in [0.4, 0.5) is 11.4 Å². The van der Waals surface area contributed by atoms with E-state index in [1.807, 2.05) is 18.2 Å². The minimum absolute atomic E-state index is 0.343. The molecule has 0 unspecified atom stereocenters. The Labute approximate surface area is 146 Å². The van der Waals surface area contributed by atoms with Gasteiger partial charge in [0, 0.05) is 11.6 Å². The topological polar surface area (TPSA) is 83.1 Å². The molecule has 0 aliphatic carbocycles. The molecular formula is C18H21N3O4. The predicted octanol–water partition coefficient (Wildman–Crippen LogP) is 0.582. The van der Waals surface area contributed by atoms with Gasteiger partial charge in [0.1, 0.15) is 12.3 Å². The Balaban J connectivity index is 1.63. The van der Waals surface area contributed by atoms with Gasteiger partial charge in [0.05, 0.1) is 43.9 Å². The van der Waals surface area contributed by atoms with E-state index in [-0.39, 0.29) is 5.69 Å². The zero-order chi connectivity index (χ0) is 17.8. The molecule has 3 rings (SSSR count). The van der Waals surface area contributed by atoms with Crippen LogP contribution in [0.5, 0.6) is 11.5 Å². The van der Waals surface area contributed by atoms with Gasteiger partial charge in [-0.1, -0.05) is 24.3 Å². The number of hydrogen-bond acceptors (Lipinski definition) is 5. The molecule has 1 heterocycles. The smallest absolute Gasteiger partial charge is 0.262 e. The minimum Gasteiger partial charge on any atom is -0.868 e. The summed E-state index contributed by atoms with van der Waals surface area (Å²) in [6.45, 7) is 4.30. The van der Waals surface area contributed by atoms with Crippen LogP contribution < -0.4 is 19.6 Å². The van der Waals surface area contributed by atoms with Crippen LogP contribution in [0.15, 0.2) is 42.5 Å². The molecule has 1 N–H and O–H groups in total. The van der Waals surface area contributed by atoms with Crippen LogP contribution in [-0.2, 0) is 6.54 Å². The van der Waals surface area contributed by atoms with Crippen molar-refractivity contribution in [2.24, 2.45) is 0 Å². The summed E-state index contributed by atoms with van der Waals surface area (Å²) < 4.78 is 5.43. The molecule has 1 aliphatic rings. The molecule has 0 aromatic heterocycles. The molecule has 1 saturated heterocycles. The van der Waals surface area contributed by atoms with Gasteiger partial charge in [0.15, 0.2) is 0 Å². The highest BCUT2D eigenvalue weighted by Crippen LogP contribution is 2.27. The number of hydrogen-bond donors (Lipinski definition) is 1. The van der Waals surface area contributed by atoms with E-state index in [1.165, 1.54) is 17.0 Å². The largest absolute Gasteiger partial charge is 0.868 e. The van der Waals surface area contributed by atoms with Gasteiger partial charge in [-0.05, 0) is 17.9 Å². The van der Waals surface area contributed by atoms with Crippen molar-refractivity contribution < 1.29 is 19.7 Å². The summed E-state index contributed by atoms with van der Waals surface area (Å²) in [7, 11) is 1.67. The summed E-state index contributed by atoms with van der Waals surface area (Å²) in [5.74, 6) is 0.331. The van der Waals surface area contributed by atoms with Gasteiger partial charge < -0.3 is 19.6 Å².